The van der Waals surface area contributed by atoms with Gasteiger partial charge in [-0.05, 0) is 49.6 Å². The second kappa shape index (κ2) is 6.89. The zero-order valence-corrected chi connectivity index (χ0v) is 12.7. The first kappa shape index (κ1) is 15.8. The van der Waals surface area contributed by atoms with Crippen LogP contribution in [-0.2, 0) is 6.42 Å². The van der Waals surface area contributed by atoms with Gasteiger partial charge >= 0.3 is 5.97 Å². The standard InChI is InChI=1S/C18H19NO3/c1-12-8-15(11-16(9-12)18(21)22)17(20)19-13(2)10-14-6-4-3-5-7-14/h3-9,11,13H,10H2,1-2H3,(H,19,20)(H,21,22). The summed E-state index contributed by atoms with van der Waals surface area (Å²) < 4.78 is 0. The minimum atomic E-state index is -1.03. The van der Waals surface area contributed by atoms with Gasteiger partial charge in [0.2, 0.25) is 0 Å². The maximum Gasteiger partial charge on any atom is 0.335 e. The average molecular weight is 297 g/mol. The Morgan fingerprint density at radius 1 is 1.09 bits per heavy atom. The Labute approximate surface area is 129 Å². The van der Waals surface area contributed by atoms with Crippen LogP contribution in [0.5, 0.6) is 0 Å². The summed E-state index contributed by atoms with van der Waals surface area (Å²) in [6.45, 7) is 3.70. The Kier molecular flexibility index (Phi) is 4.94. The summed E-state index contributed by atoms with van der Waals surface area (Å²) in [6.07, 6.45) is 0.726. The lowest BCUT2D eigenvalue weighted by Crippen LogP contribution is -2.34. The van der Waals surface area contributed by atoms with E-state index in [0.717, 1.165) is 17.5 Å². The number of aryl methyl sites for hydroxylation is 1. The summed E-state index contributed by atoms with van der Waals surface area (Å²) >= 11 is 0. The normalized spacial score (nSPS) is 11.7. The van der Waals surface area contributed by atoms with Crippen molar-refractivity contribution in [2.45, 2.75) is 26.3 Å². The SMILES string of the molecule is Cc1cc(C(=O)O)cc(C(=O)NC(C)Cc2ccccc2)c1. The average Bonchev–Trinajstić information content (AvgIpc) is 2.47. The fraction of sp³-hybridized carbons (Fsp3) is 0.222. The van der Waals surface area contributed by atoms with Crippen molar-refractivity contribution in [3.8, 4) is 0 Å². The largest absolute Gasteiger partial charge is 0.478 e. The minimum Gasteiger partial charge on any atom is -0.478 e. The molecule has 0 aliphatic carbocycles. The van der Waals surface area contributed by atoms with E-state index in [1.807, 2.05) is 37.3 Å². The van der Waals surface area contributed by atoms with Crippen LogP contribution in [0.15, 0.2) is 48.5 Å². The van der Waals surface area contributed by atoms with Crippen molar-refractivity contribution in [3.05, 3.63) is 70.8 Å². The highest BCUT2D eigenvalue weighted by Gasteiger charge is 2.13. The molecular formula is C18H19NO3. The fourth-order valence-electron chi connectivity index (χ4n) is 2.36. The molecule has 0 aliphatic heterocycles. The maximum absolute atomic E-state index is 12.3. The molecule has 2 rings (SSSR count). The quantitative estimate of drug-likeness (QED) is 0.891. The summed E-state index contributed by atoms with van der Waals surface area (Å²) in [5.74, 6) is -1.29. The number of hydrogen-bond acceptors (Lipinski definition) is 2. The summed E-state index contributed by atoms with van der Waals surface area (Å²) in [5.41, 5.74) is 2.39. The number of aromatic carboxylic acids is 1. The number of carbonyl (C=O) groups is 2. The summed E-state index contributed by atoms with van der Waals surface area (Å²) in [7, 11) is 0. The molecule has 0 fully saturated rings. The molecular weight excluding hydrogens is 278 g/mol. The van der Waals surface area contributed by atoms with Gasteiger partial charge in [0.1, 0.15) is 0 Å². The number of carbonyl (C=O) groups excluding carboxylic acids is 1. The molecule has 2 aromatic rings. The first-order valence-electron chi connectivity index (χ1n) is 7.15. The molecule has 22 heavy (non-hydrogen) atoms. The number of amides is 1. The van der Waals surface area contributed by atoms with Crippen LogP contribution in [0.3, 0.4) is 0 Å². The van der Waals surface area contributed by atoms with Gasteiger partial charge in [0.15, 0.2) is 0 Å². The molecule has 0 saturated heterocycles. The molecule has 2 aromatic carbocycles. The van der Waals surface area contributed by atoms with Crippen LogP contribution in [0, 0.1) is 6.92 Å². The second-order valence-corrected chi connectivity index (χ2v) is 5.46. The summed E-state index contributed by atoms with van der Waals surface area (Å²) in [4.78, 5) is 23.3. The van der Waals surface area contributed by atoms with Crippen molar-refractivity contribution in [1.29, 1.82) is 0 Å². The van der Waals surface area contributed by atoms with Crippen LogP contribution in [-0.4, -0.2) is 23.0 Å². The smallest absolute Gasteiger partial charge is 0.335 e. The third kappa shape index (κ3) is 4.19. The number of nitrogens with one attached hydrogen (secondary N) is 1. The Hall–Kier alpha value is -2.62. The van der Waals surface area contributed by atoms with Crippen molar-refractivity contribution in [3.63, 3.8) is 0 Å². The van der Waals surface area contributed by atoms with E-state index in [1.54, 1.807) is 19.1 Å². The number of hydrogen-bond donors (Lipinski definition) is 2. The highest BCUT2D eigenvalue weighted by atomic mass is 16.4. The fourth-order valence-corrected chi connectivity index (χ4v) is 2.36. The molecule has 0 bridgehead atoms. The van der Waals surface area contributed by atoms with Crippen LogP contribution in [0.25, 0.3) is 0 Å². The summed E-state index contributed by atoms with van der Waals surface area (Å²) in [6, 6.07) is 14.5. The molecule has 0 spiro atoms. The number of carboxylic acid groups (broad SMARTS) is 1. The van der Waals surface area contributed by atoms with E-state index in [-0.39, 0.29) is 17.5 Å². The monoisotopic (exact) mass is 297 g/mol. The molecule has 0 saturated carbocycles. The van der Waals surface area contributed by atoms with Gasteiger partial charge < -0.3 is 10.4 Å². The van der Waals surface area contributed by atoms with Crippen LogP contribution >= 0.6 is 0 Å². The van der Waals surface area contributed by atoms with Gasteiger partial charge in [-0.25, -0.2) is 4.79 Å². The van der Waals surface area contributed by atoms with Gasteiger partial charge in [-0.3, -0.25) is 4.79 Å². The van der Waals surface area contributed by atoms with Crippen molar-refractivity contribution < 1.29 is 14.7 Å². The van der Waals surface area contributed by atoms with Crippen molar-refractivity contribution >= 4 is 11.9 Å². The number of carboxylic acids is 1. The van der Waals surface area contributed by atoms with Crippen LogP contribution in [0.2, 0.25) is 0 Å². The second-order valence-electron chi connectivity index (χ2n) is 5.46. The van der Waals surface area contributed by atoms with Gasteiger partial charge in [-0.15, -0.1) is 0 Å². The highest BCUT2D eigenvalue weighted by molar-refractivity contribution is 5.97. The molecule has 1 atom stereocenters. The molecule has 0 aliphatic rings. The predicted octanol–water partition coefficient (Wildman–Crippen LogP) is 3.05. The minimum absolute atomic E-state index is 0.0382. The molecule has 4 heteroatoms. The lowest BCUT2D eigenvalue weighted by Gasteiger charge is -2.14. The van der Waals surface area contributed by atoms with Crippen molar-refractivity contribution in [2.24, 2.45) is 0 Å². The van der Waals surface area contributed by atoms with Crippen LogP contribution < -0.4 is 5.32 Å². The molecule has 0 radical (unpaired) electrons. The zero-order chi connectivity index (χ0) is 16.1. The van der Waals surface area contributed by atoms with E-state index >= 15 is 0 Å². The Balaban J connectivity index is 2.07. The Morgan fingerprint density at radius 3 is 2.36 bits per heavy atom. The molecule has 0 heterocycles. The maximum atomic E-state index is 12.3. The van der Waals surface area contributed by atoms with Crippen LogP contribution in [0.4, 0.5) is 0 Å². The van der Waals surface area contributed by atoms with E-state index in [9.17, 15) is 9.59 Å². The van der Waals surface area contributed by atoms with Crippen molar-refractivity contribution in [1.82, 2.24) is 5.32 Å². The van der Waals surface area contributed by atoms with Gasteiger partial charge in [0.25, 0.3) is 5.91 Å². The van der Waals surface area contributed by atoms with Crippen LogP contribution in [0.1, 0.15) is 38.8 Å². The third-order valence-corrected chi connectivity index (χ3v) is 3.35. The predicted molar refractivity (Wildman–Crippen MR) is 85.2 cm³/mol. The Bertz CT molecular complexity index is 680. The number of rotatable bonds is 5. The van der Waals surface area contributed by atoms with E-state index in [0.29, 0.717) is 5.56 Å². The van der Waals surface area contributed by atoms with E-state index < -0.39 is 5.97 Å². The lowest BCUT2D eigenvalue weighted by atomic mass is 10.0. The van der Waals surface area contributed by atoms with Gasteiger partial charge in [-0.2, -0.15) is 0 Å². The van der Waals surface area contributed by atoms with Gasteiger partial charge in [0.05, 0.1) is 5.56 Å². The van der Waals surface area contributed by atoms with Gasteiger partial charge in [-0.1, -0.05) is 30.3 Å². The molecule has 1 unspecified atom stereocenters. The molecule has 114 valence electrons. The van der Waals surface area contributed by atoms with Crippen molar-refractivity contribution in [2.75, 3.05) is 0 Å². The topological polar surface area (TPSA) is 66.4 Å². The number of benzene rings is 2. The summed E-state index contributed by atoms with van der Waals surface area (Å²) in [5, 5.41) is 12.0. The first-order chi connectivity index (χ1) is 10.5. The van der Waals surface area contributed by atoms with E-state index in [4.69, 9.17) is 5.11 Å². The molecule has 2 N–H and O–H groups in total. The molecule has 1 amide bonds. The lowest BCUT2D eigenvalue weighted by molar-refractivity contribution is 0.0696. The first-order valence-corrected chi connectivity index (χ1v) is 7.15. The van der Waals surface area contributed by atoms with Gasteiger partial charge in [0, 0.05) is 11.6 Å². The third-order valence-electron chi connectivity index (χ3n) is 3.35. The van der Waals surface area contributed by atoms with E-state index in [2.05, 4.69) is 5.32 Å². The zero-order valence-electron chi connectivity index (χ0n) is 12.7. The highest BCUT2D eigenvalue weighted by Crippen LogP contribution is 2.11. The van der Waals surface area contributed by atoms with E-state index in [1.165, 1.54) is 6.07 Å². The Morgan fingerprint density at radius 2 is 1.73 bits per heavy atom. The molecule has 0 aromatic heterocycles. The molecule has 4 nitrogen and oxygen atoms in total.